The number of hydrogen-bond donors (Lipinski definition) is 6. The van der Waals surface area contributed by atoms with Gasteiger partial charge in [0.2, 0.25) is 0 Å². The fourth-order valence-corrected chi connectivity index (χ4v) is 19.0. The molecule has 137 heavy (non-hydrogen) atoms. The van der Waals surface area contributed by atoms with Crippen molar-refractivity contribution in [1.82, 2.24) is 22.8 Å². The van der Waals surface area contributed by atoms with Crippen LogP contribution in [-0.4, -0.2) is 117 Å². The van der Waals surface area contributed by atoms with E-state index in [9.17, 15) is 83.0 Å². The summed E-state index contributed by atoms with van der Waals surface area (Å²) in [5, 5.41) is 61.4. The van der Waals surface area contributed by atoms with Gasteiger partial charge < -0.3 is 67.8 Å². The van der Waals surface area contributed by atoms with Crippen molar-refractivity contribution in [2.24, 2.45) is 0 Å². The van der Waals surface area contributed by atoms with Gasteiger partial charge in [0, 0.05) is 71.8 Å². The highest BCUT2D eigenvalue weighted by atomic mass is 35.5. The first-order chi connectivity index (χ1) is 65.9. The highest BCUT2D eigenvalue weighted by Crippen LogP contribution is 2.39. The molecule has 0 atom stereocenters. The van der Waals surface area contributed by atoms with Crippen LogP contribution in [0.2, 0.25) is 10.0 Å². The summed E-state index contributed by atoms with van der Waals surface area (Å²) < 4.78 is 32.9. The number of aromatic hydroxyl groups is 1. The molecule has 6 N–H and O–H groups in total. The molecule has 5 aromatic heterocycles. The van der Waals surface area contributed by atoms with E-state index in [2.05, 4.69) is 49.1 Å². The van der Waals surface area contributed by atoms with Crippen molar-refractivity contribution in [2.45, 2.75) is 109 Å². The largest absolute Gasteiger partial charge is 0.506 e. The number of aryl methyl sites for hydroxylation is 5. The van der Waals surface area contributed by atoms with Gasteiger partial charge in [0.25, 0.3) is 0 Å². The molecule has 18 aromatic rings. The third-order valence-electron chi connectivity index (χ3n) is 24.6. The molecule has 0 saturated carbocycles. The number of phenolic OH excluding ortho intramolecular Hbond substituents is 1. The molecule has 0 radical (unpaired) electrons. The van der Waals surface area contributed by atoms with Crippen LogP contribution in [0.3, 0.4) is 0 Å². The molecule has 24 nitrogen and oxygen atoms in total. The van der Waals surface area contributed by atoms with Gasteiger partial charge in [0.05, 0.1) is 80.1 Å². The Kier molecular flexibility index (Phi) is 29.5. The monoisotopic (exact) mass is 1900 g/mol. The molecule has 0 spiro atoms. The number of carboxylic acid groups (broad SMARTS) is 5. The lowest BCUT2D eigenvalue weighted by atomic mass is 9.97. The molecule has 1 aliphatic rings. The maximum absolute atomic E-state index is 14.3. The SMILES string of the molecule is CC(C)c1ccc(-c2ccc3c(c2)c(=O)c2ccccc2n3CC(=O)O)cc1.COc1cccc(CCc2ccc3c(c2)c(=O)c2ccccc2n3CC(=O)O)c1.COc1ccccc1CCc1ccc2c(c1)c(=O)c1ccccc1n2CC(=O)O.CSc1ccc2c(=O)c3ccc(O)c(Cl)c3n(CC(=O)O)c2c1.Cc1cc2c(=O)c3ccc(N4CCCCC4)c(Cl)c3n(CC(=O)O)c2cc1F. The van der Waals surface area contributed by atoms with Crippen LogP contribution in [0.25, 0.3) is 120 Å². The number of piperidine rings is 1. The minimum Gasteiger partial charge on any atom is -0.506 e. The lowest BCUT2D eigenvalue weighted by Crippen LogP contribution is -2.30. The van der Waals surface area contributed by atoms with E-state index in [-0.39, 0.29) is 85.9 Å². The fraction of sp³-hybridized carbons (Fsp3) is 0.193. The minimum atomic E-state index is -1.09. The van der Waals surface area contributed by atoms with Gasteiger partial charge in [-0.15, -0.1) is 11.8 Å². The molecule has 0 unspecified atom stereocenters. The summed E-state index contributed by atoms with van der Waals surface area (Å²) >= 11 is 14.4. The van der Waals surface area contributed by atoms with Gasteiger partial charge in [-0.05, 0) is 254 Å². The van der Waals surface area contributed by atoms with Crippen LogP contribution < -0.4 is 41.5 Å². The van der Waals surface area contributed by atoms with E-state index in [0.717, 1.165) is 113 Å². The van der Waals surface area contributed by atoms with Crippen molar-refractivity contribution in [3.63, 3.8) is 0 Å². The number of para-hydroxylation sites is 4. The number of thioether (sulfide) groups is 1. The predicted octanol–water partition coefficient (Wildman–Crippen LogP) is 20.7. The zero-order chi connectivity index (χ0) is 97.3. The van der Waals surface area contributed by atoms with Crippen LogP contribution in [0.5, 0.6) is 17.2 Å². The Labute approximate surface area is 797 Å². The Hall–Kier alpha value is -15.4. The first-order valence-electron chi connectivity index (χ1n) is 44.2. The Morgan fingerprint density at radius 2 is 0.803 bits per heavy atom. The van der Waals surface area contributed by atoms with Crippen LogP contribution in [-0.2, 0) is 82.4 Å². The van der Waals surface area contributed by atoms with Gasteiger partial charge in [-0.3, -0.25) is 47.9 Å². The number of carboxylic acids is 5. The predicted molar refractivity (Wildman–Crippen MR) is 541 cm³/mol. The van der Waals surface area contributed by atoms with E-state index in [1.165, 1.54) is 50.7 Å². The molecule has 696 valence electrons. The third-order valence-corrected chi connectivity index (χ3v) is 26.1. The number of rotatable bonds is 22. The number of aliphatic carboxylic acids is 5. The van der Waals surface area contributed by atoms with Gasteiger partial charge in [0.1, 0.15) is 60.8 Å². The summed E-state index contributed by atoms with van der Waals surface area (Å²) in [4.78, 5) is 125. The summed E-state index contributed by atoms with van der Waals surface area (Å²) in [6.07, 6.45) is 8.29. The molecule has 28 heteroatoms. The zero-order valence-electron chi connectivity index (χ0n) is 75.5. The van der Waals surface area contributed by atoms with Crippen LogP contribution in [0, 0.1) is 12.7 Å². The van der Waals surface area contributed by atoms with Crippen molar-refractivity contribution >= 4 is 180 Å². The second-order valence-electron chi connectivity index (χ2n) is 33.6. The maximum Gasteiger partial charge on any atom is 0.323 e. The average Bonchev–Trinajstić information content (AvgIpc) is 0.766. The number of carbonyl (C=O) groups is 5. The number of phenols is 1. The van der Waals surface area contributed by atoms with Crippen LogP contribution in [0.1, 0.15) is 72.4 Å². The summed E-state index contributed by atoms with van der Waals surface area (Å²) in [5.41, 5.74) is 13.0. The highest BCUT2D eigenvalue weighted by molar-refractivity contribution is 7.98. The zero-order valence-corrected chi connectivity index (χ0v) is 77.9. The van der Waals surface area contributed by atoms with E-state index < -0.39 is 42.2 Å². The number of pyridine rings is 5. The van der Waals surface area contributed by atoms with Gasteiger partial charge in [-0.25, -0.2) is 4.39 Å². The number of hydrogen-bond acceptors (Lipinski definition) is 15. The number of benzene rings is 13. The first kappa shape index (κ1) is 96.2. The van der Waals surface area contributed by atoms with Gasteiger partial charge >= 0.3 is 29.8 Å². The molecule has 0 bridgehead atoms. The Balaban J connectivity index is 0.000000130. The Bertz CT molecular complexity index is 8190. The molecule has 13 aromatic carbocycles. The van der Waals surface area contributed by atoms with Crippen molar-refractivity contribution in [3.05, 3.63) is 355 Å². The van der Waals surface area contributed by atoms with Crippen molar-refractivity contribution < 1.29 is 68.5 Å². The summed E-state index contributed by atoms with van der Waals surface area (Å²) in [6, 6.07) is 76.9. The fourth-order valence-electron chi connectivity index (χ4n) is 17.9. The quantitative estimate of drug-likeness (QED) is 0.0271. The van der Waals surface area contributed by atoms with Crippen molar-refractivity contribution in [1.29, 1.82) is 0 Å². The summed E-state index contributed by atoms with van der Waals surface area (Å²) in [7, 11) is 3.31. The second-order valence-corrected chi connectivity index (χ2v) is 35.2. The van der Waals surface area contributed by atoms with E-state index in [4.69, 9.17) is 32.7 Å². The van der Waals surface area contributed by atoms with E-state index in [1.807, 2.05) is 134 Å². The number of anilines is 1. The van der Waals surface area contributed by atoms with E-state index in [1.54, 1.807) is 108 Å². The van der Waals surface area contributed by atoms with Crippen molar-refractivity contribution in [2.75, 3.05) is 38.5 Å². The number of halogens is 3. The number of ether oxygens (including phenoxy) is 2. The molecule has 1 fully saturated rings. The van der Waals surface area contributed by atoms with E-state index >= 15 is 0 Å². The molecule has 19 rings (SSSR count). The standard InChI is InChI=1S/2C24H21NO4.C24H21NO3.C21H20ClFN2O3.C16H12ClNO4S/c1-29-22-9-5-2-6-17(22)12-10-16-11-13-21-19(14-16)24(28)18-7-3-4-8-20(18)25(21)15-23(26)27;1-29-18-6-4-5-16(13-18)9-10-17-11-12-22-20(14-17)24(28)19-7-2-3-8-21(19)25(22)15-23(26)27;1-15(2)16-7-9-17(10-8-16)18-11-12-22-20(13-18)24(28)19-5-3-4-6-21(19)25(22)14-23(26)27;1-12-9-14-17(10-15(12)23)25(11-18(26)27)20-13(21(14)28)5-6-16(19(20)22)24-7-3-2-4-8-24;1-23-8-2-3-9-11(6-8)18(7-13(20)21)15-10(16(9)22)4-5-12(19)14(15)17/h2-9,11,13-14H,10,12,15H2,1H3,(H,26,27);2-8,11-14H,9-10,15H2,1H3,(H,26,27);3-13,15H,14H2,1-2H3,(H,26,27);5-6,9-10H,2-4,7-8,11H2,1H3,(H,26,27);2-6,19H,7H2,1H3,(H,20,21). The molecular weight excluding hydrogens is 1800 g/mol. The van der Waals surface area contributed by atoms with E-state index in [0.29, 0.717) is 104 Å². The topological polar surface area (TPSA) is 338 Å². The maximum atomic E-state index is 14.3. The highest BCUT2D eigenvalue weighted by Gasteiger charge is 2.26. The lowest BCUT2D eigenvalue weighted by Gasteiger charge is -2.30. The lowest BCUT2D eigenvalue weighted by molar-refractivity contribution is -0.138. The van der Waals surface area contributed by atoms with Crippen LogP contribution in [0.4, 0.5) is 10.1 Å². The van der Waals surface area contributed by atoms with Gasteiger partial charge in [-0.1, -0.05) is 146 Å². The smallest absolute Gasteiger partial charge is 0.323 e. The summed E-state index contributed by atoms with van der Waals surface area (Å²) in [5.74, 6) is -3.54. The molecule has 1 aliphatic heterocycles. The Morgan fingerprint density at radius 1 is 0.387 bits per heavy atom. The molecule has 0 aliphatic carbocycles. The van der Waals surface area contributed by atoms with Crippen molar-refractivity contribution in [3.8, 4) is 28.4 Å². The van der Waals surface area contributed by atoms with Gasteiger partial charge in [0.15, 0.2) is 27.1 Å². The Morgan fingerprint density at radius 3 is 1.31 bits per heavy atom. The number of nitrogens with zero attached hydrogens (tertiary/aromatic N) is 6. The minimum absolute atomic E-state index is 0.0303. The number of fused-ring (bicyclic) bond motifs is 10. The second kappa shape index (κ2) is 42.0. The number of methoxy groups -OCH3 is 2. The normalized spacial score (nSPS) is 11.9. The molecular formula is C109H95Cl2FN6O18S. The van der Waals surface area contributed by atoms with Gasteiger partial charge in [-0.2, -0.15) is 0 Å². The molecule has 6 heterocycles. The third kappa shape index (κ3) is 20.7. The molecule has 1 saturated heterocycles. The van der Waals surface area contributed by atoms with Crippen LogP contribution in [0.15, 0.2) is 284 Å². The summed E-state index contributed by atoms with van der Waals surface area (Å²) in [6.45, 7) is 6.23. The first-order valence-corrected chi connectivity index (χ1v) is 46.2. The number of aromatic nitrogens is 5. The average molecular weight is 1900 g/mol. The van der Waals surface area contributed by atoms with Crippen LogP contribution >= 0.6 is 35.0 Å². The molecule has 0 amide bonds.